The molecule has 3 amide bonds. The maximum atomic E-state index is 13.1. The van der Waals surface area contributed by atoms with Gasteiger partial charge >= 0.3 is 6.03 Å². The molecule has 2 heterocycles. The molecule has 2 N–H and O–H groups in total. The molecule has 0 unspecified atom stereocenters. The van der Waals surface area contributed by atoms with E-state index in [1.54, 1.807) is 17.0 Å². The normalized spacial score (nSPS) is 20.8. The molecule has 1 fully saturated rings. The van der Waals surface area contributed by atoms with Crippen molar-refractivity contribution in [1.29, 1.82) is 0 Å². The summed E-state index contributed by atoms with van der Waals surface area (Å²) in [4.78, 5) is 25.9. The van der Waals surface area contributed by atoms with Gasteiger partial charge in [-0.2, -0.15) is 0 Å². The van der Waals surface area contributed by atoms with Gasteiger partial charge in [0.05, 0.1) is 12.6 Å². The highest BCUT2D eigenvalue weighted by molar-refractivity contribution is 5.96. The van der Waals surface area contributed by atoms with Gasteiger partial charge in [-0.3, -0.25) is 4.79 Å². The van der Waals surface area contributed by atoms with Crippen LogP contribution in [0.2, 0.25) is 0 Å². The van der Waals surface area contributed by atoms with Crippen LogP contribution >= 0.6 is 0 Å². The van der Waals surface area contributed by atoms with Gasteiger partial charge in [0.15, 0.2) is 17.6 Å². The van der Waals surface area contributed by atoms with Crippen LogP contribution in [-0.4, -0.2) is 43.8 Å². The first kappa shape index (κ1) is 18.1. The summed E-state index contributed by atoms with van der Waals surface area (Å²) in [6, 6.07) is 12.4. The van der Waals surface area contributed by atoms with Crippen molar-refractivity contribution < 1.29 is 23.5 Å². The first-order valence-electron chi connectivity index (χ1n) is 9.07. The van der Waals surface area contributed by atoms with Crippen molar-refractivity contribution >= 4 is 17.6 Å². The van der Waals surface area contributed by atoms with Crippen LogP contribution in [-0.2, 0) is 4.79 Å². The third-order valence-electron chi connectivity index (χ3n) is 4.66. The number of amides is 3. The van der Waals surface area contributed by atoms with E-state index in [4.69, 9.17) is 9.47 Å². The Bertz CT molecular complexity index is 874. The average molecular weight is 385 g/mol. The number of rotatable bonds is 4. The number of halogens is 1. The van der Waals surface area contributed by atoms with E-state index in [-0.39, 0.29) is 42.9 Å². The fourth-order valence-corrected chi connectivity index (χ4v) is 3.28. The molecular weight excluding hydrogens is 365 g/mol. The minimum Gasteiger partial charge on any atom is -0.486 e. The van der Waals surface area contributed by atoms with Gasteiger partial charge in [0.1, 0.15) is 12.4 Å². The monoisotopic (exact) mass is 385 g/mol. The van der Waals surface area contributed by atoms with Crippen LogP contribution in [0.5, 0.6) is 11.5 Å². The van der Waals surface area contributed by atoms with E-state index in [0.717, 1.165) is 0 Å². The summed E-state index contributed by atoms with van der Waals surface area (Å²) in [5, 5.41) is 5.55. The Hall–Kier alpha value is -3.29. The van der Waals surface area contributed by atoms with E-state index >= 15 is 0 Å². The summed E-state index contributed by atoms with van der Waals surface area (Å²) in [6.07, 6.45) is -0.0946. The smallest absolute Gasteiger partial charge is 0.315 e. The standard InChI is InChI=1S/C20H20FN3O4/c21-13-5-7-15(8-6-13)24-11-14(9-19(24)25)23-20(26)22-10-16-12-27-17-3-1-2-4-18(17)28-16/h1-8,14,16H,9-12H2,(H2,22,23,26)/t14-,16+/m1/s1. The molecule has 0 bridgehead atoms. The lowest BCUT2D eigenvalue weighted by atomic mass is 10.2. The minimum atomic E-state index is -0.374. The Morgan fingerprint density at radius 2 is 1.89 bits per heavy atom. The van der Waals surface area contributed by atoms with Gasteiger partial charge in [-0.1, -0.05) is 12.1 Å². The lowest BCUT2D eigenvalue weighted by Gasteiger charge is -2.26. The van der Waals surface area contributed by atoms with E-state index in [9.17, 15) is 14.0 Å². The molecule has 2 aromatic rings. The number of hydrogen-bond donors (Lipinski definition) is 2. The number of carbonyl (C=O) groups is 2. The number of hydrogen-bond acceptors (Lipinski definition) is 4. The molecule has 2 aliphatic rings. The lowest BCUT2D eigenvalue weighted by Crippen LogP contribution is -2.47. The highest BCUT2D eigenvalue weighted by atomic mass is 19.1. The van der Waals surface area contributed by atoms with Crippen LogP contribution in [0.3, 0.4) is 0 Å². The number of fused-ring (bicyclic) bond motifs is 1. The van der Waals surface area contributed by atoms with Gasteiger partial charge in [-0.05, 0) is 36.4 Å². The Kier molecular flexibility index (Phi) is 5.01. The SMILES string of the molecule is O=C(NC[C@H]1COc2ccccc2O1)N[C@@H]1CC(=O)N(c2ccc(F)cc2)C1. The molecule has 0 saturated carbocycles. The third-order valence-corrected chi connectivity index (χ3v) is 4.66. The third kappa shape index (κ3) is 4.00. The van der Waals surface area contributed by atoms with Gasteiger partial charge in [-0.25, -0.2) is 9.18 Å². The number of nitrogens with one attached hydrogen (secondary N) is 2. The van der Waals surface area contributed by atoms with Gasteiger partial charge in [0.25, 0.3) is 0 Å². The van der Waals surface area contributed by atoms with E-state index in [1.165, 1.54) is 12.1 Å². The van der Waals surface area contributed by atoms with E-state index in [1.807, 2.05) is 24.3 Å². The number of para-hydroxylation sites is 2. The van der Waals surface area contributed by atoms with Crippen molar-refractivity contribution in [1.82, 2.24) is 10.6 Å². The van der Waals surface area contributed by atoms with Gasteiger partial charge < -0.3 is 25.0 Å². The second-order valence-electron chi connectivity index (χ2n) is 6.73. The zero-order valence-corrected chi connectivity index (χ0v) is 15.1. The van der Waals surface area contributed by atoms with Crippen molar-refractivity contribution in [3.8, 4) is 11.5 Å². The number of benzene rings is 2. The van der Waals surface area contributed by atoms with Gasteiger partial charge in [0.2, 0.25) is 5.91 Å². The lowest BCUT2D eigenvalue weighted by molar-refractivity contribution is -0.117. The van der Waals surface area contributed by atoms with Gasteiger partial charge in [-0.15, -0.1) is 0 Å². The first-order chi connectivity index (χ1) is 13.6. The van der Waals surface area contributed by atoms with Gasteiger partial charge in [0, 0.05) is 18.7 Å². The van der Waals surface area contributed by atoms with Crippen LogP contribution in [0.15, 0.2) is 48.5 Å². The summed E-state index contributed by atoms with van der Waals surface area (Å²) in [6.45, 7) is 0.967. The second-order valence-corrected chi connectivity index (χ2v) is 6.73. The molecular formula is C20H20FN3O4. The summed E-state index contributed by atoms with van der Waals surface area (Å²) < 4.78 is 24.5. The molecule has 2 atom stereocenters. The van der Waals surface area contributed by atoms with E-state index in [0.29, 0.717) is 30.3 Å². The number of ether oxygens (including phenoxy) is 2. The highest BCUT2D eigenvalue weighted by Gasteiger charge is 2.31. The minimum absolute atomic E-state index is 0.113. The Labute approximate surface area is 161 Å². The number of anilines is 1. The molecule has 0 aromatic heterocycles. The molecule has 2 aliphatic heterocycles. The maximum Gasteiger partial charge on any atom is 0.315 e. The highest BCUT2D eigenvalue weighted by Crippen LogP contribution is 2.30. The van der Waals surface area contributed by atoms with E-state index in [2.05, 4.69) is 10.6 Å². The first-order valence-corrected chi connectivity index (χ1v) is 9.07. The summed E-state index contributed by atoms with van der Waals surface area (Å²) in [5.74, 6) is 0.865. The van der Waals surface area contributed by atoms with E-state index < -0.39 is 0 Å². The molecule has 0 spiro atoms. The Balaban J connectivity index is 1.25. The van der Waals surface area contributed by atoms with Crippen LogP contribution in [0.4, 0.5) is 14.9 Å². The second kappa shape index (κ2) is 7.75. The molecule has 0 aliphatic carbocycles. The number of carbonyl (C=O) groups excluding carboxylic acids is 2. The summed E-state index contributed by atoms with van der Waals surface area (Å²) in [7, 11) is 0. The largest absolute Gasteiger partial charge is 0.486 e. The van der Waals surface area contributed by atoms with Crippen LogP contribution in [0.1, 0.15) is 6.42 Å². The topological polar surface area (TPSA) is 79.9 Å². The number of urea groups is 1. The fraction of sp³-hybridized carbons (Fsp3) is 0.300. The fourth-order valence-electron chi connectivity index (χ4n) is 3.28. The van der Waals surface area contributed by atoms with Crippen molar-refractivity contribution in [2.75, 3.05) is 24.6 Å². The zero-order valence-electron chi connectivity index (χ0n) is 15.1. The molecule has 0 radical (unpaired) electrons. The molecule has 146 valence electrons. The quantitative estimate of drug-likeness (QED) is 0.845. The Morgan fingerprint density at radius 1 is 1.14 bits per heavy atom. The molecule has 4 rings (SSSR count). The zero-order chi connectivity index (χ0) is 19.5. The average Bonchev–Trinajstić information content (AvgIpc) is 3.06. The predicted octanol–water partition coefficient (Wildman–Crippen LogP) is 2.07. The maximum absolute atomic E-state index is 13.1. The van der Waals surface area contributed by atoms with Crippen LogP contribution in [0, 0.1) is 5.82 Å². The molecule has 2 aromatic carbocycles. The van der Waals surface area contributed by atoms with Crippen molar-refractivity contribution in [2.24, 2.45) is 0 Å². The molecule has 1 saturated heterocycles. The summed E-state index contributed by atoms with van der Waals surface area (Å²) >= 11 is 0. The predicted molar refractivity (Wildman–Crippen MR) is 100 cm³/mol. The van der Waals surface area contributed by atoms with Crippen molar-refractivity contribution in [3.05, 3.63) is 54.3 Å². The van der Waals surface area contributed by atoms with Crippen LogP contribution in [0.25, 0.3) is 0 Å². The molecule has 8 heteroatoms. The molecule has 7 nitrogen and oxygen atoms in total. The van der Waals surface area contributed by atoms with Crippen LogP contribution < -0.4 is 25.0 Å². The van der Waals surface area contributed by atoms with Crippen molar-refractivity contribution in [3.63, 3.8) is 0 Å². The van der Waals surface area contributed by atoms with Crippen molar-refractivity contribution in [2.45, 2.75) is 18.6 Å². The molecule has 28 heavy (non-hydrogen) atoms. The summed E-state index contributed by atoms with van der Waals surface area (Å²) in [5.41, 5.74) is 0.613. The Morgan fingerprint density at radius 3 is 2.68 bits per heavy atom. The number of nitrogens with zero attached hydrogens (tertiary/aromatic N) is 1.